The zero-order chi connectivity index (χ0) is 18.3. The minimum Gasteiger partial charge on any atom is -0.355 e. The number of carbonyl (C=O) groups excluding carboxylic acids is 3. The summed E-state index contributed by atoms with van der Waals surface area (Å²) < 4.78 is 0. The molecule has 7 heteroatoms. The van der Waals surface area contributed by atoms with Crippen molar-refractivity contribution in [2.75, 3.05) is 52.9 Å². The molecule has 0 aliphatic carbocycles. The molecule has 0 radical (unpaired) electrons. The molecule has 3 amide bonds. The Balaban J connectivity index is 2.37. The molecule has 24 heavy (non-hydrogen) atoms. The van der Waals surface area contributed by atoms with E-state index < -0.39 is 0 Å². The highest BCUT2D eigenvalue weighted by Crippen LogP contribution is 2.18. The molecule has 0 aromatic heterocycles. The third-order valence-electron chi connectivity index (χ3n) is 4.04. The number of likely N-dealkylation sites (N-methyl/N-ethyl adjacent to an activating group) is 1. The number of nitrogens with one attached hydrogen (secondary N) is 1. The van der Waals surface area contributed by atoms with E-state index in [4.69, 9.17) is 0 Å². The van der Waals surface area contributed by atoms with Crippen LogP contribution in [-0.2, 0) is 14.4 Å². The highest BCUT2D eigenvalue weighted by atomic mass is 16.2. The van der Waals surface area contributed by atoms with Crippen LogP contribution in [0.5, 0.6) is 0 Å². The number of nitrogens with zero attached hydrogens (tertiary/aromatic N) is 3. The Labute approximate surface area is 145 Å². The first-order valence-corrected chi connectivity index (χ1v) is 8.67. The Kier molecular flexibility index (Phi) is 7.66. The molecule has 1 saturated heterocycles. The van der Waals surface area contributed by atoms with Gasteiger partial charge in [-0.05, 0) is 6.42 Å². The smallest absolute Gasteiger partial charge is 0.239 e. The molecule has 0 saturated carbocycles. The van der Waals surface area contributed by atoms with E-state index in [2.05, 4.69) is 5.32 Å². The largest absolute Gasteiger partial charge is 0.355 e. The van der Waals surface area contributed by atoms with Gasteiger partial charge in [-0.2, -0.15) is 0 Å². The lowest BCUT2D eigenvalue weighted by molar-refractivity contribution is -0.142. The normalized spacial score (nSPS) is 16.0. The SMILES string of the molecule is CCCNC(=O)CN(C)C(=O)CN1CCN(C(=O)C(C)(C)C)CC1. The van der Waals surface area contributed by atoms with Crippen LogP contribution in [0.15, 0.2) is 0 Å². The second kappa shape index (κ2) is 9.01. The van der Waals surface area contributed by atoms with Gasteiger partial charge in [-0.1, -0.05) is 27.7 Å². The average molecular weight is 340 g/mol. The van der Waals surface area contributed by atoms with Crippen molar-refractivity contribution in [3.63, 3.8) is 0 Å². The predicted molar refractivity (Wildman–Crippen MR) is 93.4 cm³/mol. The lowest BCUT2D eigenvalue weighted by atomic mass is 9.94. The molecule has 1 rings (SSSR count). The van der Waals surface area contributed by atoms with Crippen LogP contribution in [0.25, 0.3) is 0 Å². The third-order valence-corrected chi connectivity index (χ3v) is 4.04. The molecule has 1 fully saturated rings. The van der Waals surface area contributed by atoms with E-state index in [0.717, 1.165) is 6.42 Å². The number of amides is 3. The second-order valence-electron chi connectivity index (χ2n) is 7.42. The summed E-state index contributed by atoms with van der Waals surface area (Å²) in [6.45, 7) is 11.4. The molecule has 0 spiro atoms. The Hall–Kier alpha value is -1.63. The molecule has 0 aromatic rings. The van der Waals surface area contributed by atoms with Crippen LogP contribution in [0.1, 0.15) is 34.1 Å². The minimum atomic E-state index is -0.371. The van der Waals surface area contributed by atoms with Crippen molar-refractivity contribution < 1.29 is 14.4 Å². The third kappa shape index (κ3) is 6.47. The molecule has 0 aromatic carbocycles. The summed E-state index contributed by atoms with van der Waals surface area (Å²) >= 11 is 0. The van der Waals surface area contributed by atoms with Crippen molar-refractivity contribution in [2.24, 2.45) is 5.41 Å². The summed E-state index contributed by atoms with van der Waals surface area (Å²) in [5, 5.41) is 2.76. The van der Waals surface area contributed by atoms with Gasteiger partial charge in [0.2, 0.25) is 17.7 Å². The average Bonchev–Trinajstić information content (AvgIpc) is 2.52. The van der Waals surface area contributed by atoms with Gasteiger partial charge in [0.25, 0.3) is 0 Å². The van der Waals surface area contributed by atoms with Crippen molar-refractivity contribution in [1.82, 2.24) is 20.0 Å². The van der Waals surface area contributed by atoms with Crippen LogP contribution in [0.4, 0.5) is 0 Å². The van der Waals surface area contributed by atoms with E-state index >= 15 is 0 Å². The van der Waals surface area contributed by atoms with Gasteiger partial charge in [-0.25, -0.2) is 0 Å². The maximum Gasteiger partial charge on any atom is 0.239 e. The number of hydrogen-bond donors (Lipinski definition) is 1. The molecular formula is C17H32N4O3. The molecule has 1 aliphatic rings. The Morgan fingerprint density at radius 1 is 1.08 bits per heavy atom. The van der Waals surface area contributed by atoms with E-state index in [-0.39, 0.29) is 36.2 Å². The van der Waals surface area contributed by atoms with E-state index in [9.17, 15) is 14.4 Å². The van der Waals surface area contributed by atoms with E-state index in [1.807, 2.05) is 37.5 Å². The molecule has 1 aliphatic heterocycles. The van der Waals surface area contributed by atoms with Crippen molar-refractivity contribution in [3.8, 4) is 0 Å². The van der Waals surface area contributed by atoms with Gasteiger partial charge in [0.05, 0.1) is 13.1 Å². The lowest BCUT2D eigenvalue weighted by Crippen LogP contribution is -2.53. The zero-order valence-corrected chi connectivity index (χ0v) is 15.7. The van der Waals surface area contributed by atoms with E-state index in [1.165, 1.54) is 4.90 Å². The number of piperazine rings is 1. The molecule has 0 atom stereocenters. The van der Waals surface area contributed by atoms with E-state index in [0.29, 0.717) is 32.7 Å². The van der Waals surface area contributed by atoms with Crippen LogP contribution < -0.4 is 5.32 Å². The van der Waals surface area contributed by atoms with Gasteiger partial charge in [0, 0.05) is 45.2 Å². The zero-order valence-electron chi connectivity index (χ0n) is 15.7. The lowest BCUT2D eigenvalue weighted by Gasteiger charge is -2.37. The van der Waals surface area contributed by atoms with Gasteiger partial charge < -0.3 is 15.1 Å². The van der Waals surface area contributed by atoms with Crippen LogP contribution >= 0.6 is 0 Å². The fraction of sp³-hybridized carbons (Fsp3) is 0.824. The summed E-state index contributed by atoms with van der Waals surface area (Å²) in [5.41, 5.74) is -0.371. The Bertz CT molecular complexity index is 451. The van der Waals surface area contributed by atoms with Gasteiger partial charge >= 0.3 is 0 Å². The van der Waals surface area contributed by atoms with Crippen molar-refractivity contribution in [2.45, 2.75) is 34.1 Å². The van der Waals surface area contributed by atoms with Crippen molar-refractivity contribution >= 4 is 17.7 Å². The minimum absolute atomic E-state index is 0.0720. The quantitative estimate of drug-likeness (QED) is 0.748. The summed E-state index contributed by atoms with van der Waals surface area (Å²) in [6, 6.07) is 0. The van der Waals surface area contributed by atoms with Gasteiger partial charge in [-0.15, -0.1) is 0 Å². The molecular weight excluding hydrogens is 308 g/mol. The fourth-order valence-electron chi connectivity index (χ4n) is 2.52. The second-order valence-corrected chi connectivity index (χ2v) is 7.42. The molecule has 0 bridgehead atoms. The number of hydrogen-bond acceptors (Lipinski definition) is 4. The Morgan fingerprint density at radius 2 is 1.67 bits per heavy atom. The maximum absolute atomic E-state index is 12.3. The highest BCUT2D eigenvalue weighted by Gasteiger charge is 2.30. The fourth-order valence-corrected chi connectivity index (χ4v) is 2.52. The van der Waals surface area contributed by atoms with Crippen LogP contribution in [0.2, 0.25) is 0 Å². The summed E-state index contributed by atoms with van der Waals surface area (Å²) in [4.78, 5) is 41.5. The molecule has 1 heterocycles. The monoisotopic (exact) mass is 340 g/mol. The first-order chi connectivity index (χ1) is 11.1. The molecule has 0 unspecified atom stereocenters. The number of carbonyl (C=O) groups is 3. The van der Waals surface area contributed by atoms with Crippen molar-refractivity contribution in [3.05, 3.63) is 0 Å². The van der Waals surface area contributed by atoms with Crippen molar-refractivity contribution in [1.29, 1.82) is 0 Å². The van der Waals surface area contributed by atoms with Crippen LogP contribution in [0.3, 0.4) is 0 Å². The van der Waals surface area contributed by atoms with E-state index in [1.54, 1.807) is 7.05 Å². The van der Waals surface area contributed by atoms with Gasteiger partial charge in [-0.3, -0.25) is 19.3 Å². The van der Waals surface area contributed by atoms with Crippen LogP contribution in [0, 0.1) is 5.41 Å². The predicted octanol–water partition coefficient (Wildman–Crippen LogP) is 0.161. The van der Waals surface area contributed by atoms with Crippen LogP contribution in [-0.4, -0.2) is 85.3 Å². The Morgan fingerprint density at radius 3 is 2.17 bits per heavy atom. The maximum atomic E-state index is 12.3. The summed E-state index contributed by atoms with van der Waals surface area (Å²) in [6.07, 6.45) is 0.876. The number of rotatable bonds is 6. The van der Waals surface area contributed by atoms with Gasteiger partial charge in [0.15, 0.2) is 0 Å². The topological polar surface area (TPSA) is 73.0 Å². The highest BCUT2D eigenvalue weighted by molar-refractivity contribution is 5.85. The molecule has 1 N–H and O–H groups in total. The summed E-state index contributed by atoms with van der Waals surface area (Å²) in [5.74, 6) is -0.0521. The standard InChI is InChI=1S/C17H32N4O3/c1-6-7-18-14(22)12-19(5)15(23)13-20-8-10-21(11-9-20)16(24)17(2,3)4/h6-13H2,1-5H3,(H,18,22). The molecule has 138 valence electrons. The first kappa shape index (κ1) is 20.4. The molecule has 7 nitrogen and oxygen atoms in total. The summed E-state index contributed by atoms with van der Waals surface area (Å²) in [7, 11) is 1.65. The van der Waals surface area contributed by atoms with Gasteiger partial charge in [0.1, 0.15) is 0 Å². The first-order valence-electron chi connectivity index (χ1n) is 8.67.